The summed E-state index contributed by atoms with van der Waals surface area (Å²) in [5.74, 6) is -2.68. The molecule has 0 atom stereocenters. The number of carbonyl (C=O) groups is 1. The summed E-state index contributed by atoms with van der Waals surface area (Å²) in [5.41, 5.74) is 0.990. The molecule has 0 bridgehead atoms. The van der Waals surface area contributed by atoms with Crippen molar-refractivity contribution in [2.45, 2.75) is 0 Å². The minimum absolute atomic E-state index is 0.0869. The first-order valence-electron chi connectivity index (χ1n) is 5.87. The molecule has 0 saturated heterocycles. The molecule has 3 nitrogen and oxygen atoms in total. The number of para-hydroxylation sites is 1. The molecule has 2 aromatic carbocycles. The Morgan fingerprint density at radius 1 is 1.05 bits per heavy atom. The van der Waals surface area contributed by atoms with Crippen LogP contribution in [0.25, 0.3) is 22.0 Å². The number of fused-ring (bicyclic) bond motifs is 1. The van der Waals surface area contributed by atoms with E-state index in [2.05, 4.69) is 4.98 Å². The Hall–Kier alpha value is -2.69. The Labute approximate surface area is 112 Å². The van der Waals surface area contributed by atoms with Crippen molar-refractivity contribution in [1.82, 2.24) is 4.98 Å². The second-order valence-electron chi connectivity index (χ2n) is 4.38. The van der Waals surface area contributed by atoms with Gasteiger partial charge in [-0.25, -0.2) is 13.6 Å². The summed E-state index contributed by atoms with van der Waals surface area (Å²) in [6.45, 7) is 0. The normalized spacial score (nSPS) is 10.9. The van der Waals surface area contributed by atoms with Gasteiger partial charge in [0.05, 0.1) is 0 Å². The lowest BCUT2D eigenvalue weighted by molar-refractivity contribution is 0.0692. The number of carboxylic acid groups (broad SMARTS) is 1. The van der Waals surface area contributed by atoms with Crippen LogP contribution in [0.15, 0.2) is 42.5 Å². The third kappa shape index (κ3) is 1.93. The van der Waals surface area contributed by atoms with Crippen molar-refractivity contribution in [3.05, 3.63) is 59.8 Å². The third-order valence-electron chi connectivity index (χ3n) is 3.07. The van der Waals surface area contributed by atoms with Gasteiger partial charge in [-0.15, -0.1) is 0 Å². The maximum Gasteiger partial charge on any atom is 0.352 e. The van der Waals surface area contributed by atoms with Crippen LogP contribution < -0.4 is 0 Å². The fourth-order valence-corrected chi connectivity index (χ4v) is 2.30. The van der Waals surface area contributed by atoms with Crippen LogP contribution in [0.2, 0.25) is 0 Å². The Morgan fingerprint density at radius 3 is 2.35 bits per heavy atom. The van der Waals surface area contributed by atoms with Crippen LogP contribution in [0, 0.1) is 11.6 Å². The molecule has 5 heteroatoms. The van der Waals surface area contributed by atoms with E-state index in [0.29, 0.717) is 10.9 Å². The summed E-state index contributed by atoms with van der Waals surface area (Å²) >= 11 is 0. The second kappa shape index (κ2) is 4.45. The number of aromatic carboxylic acids is 1. The maximum atomic E-state index is 13.4. The van der Waals surface area contributed by atoms with Crippen LogP contribution in [0.4, 0.5) is 8.78 Å². The largest absolute Gasteiger partial charge is 0.477 e. The predicted octanol–water partition coefficient (Wildman–Crippen LogP) is 3.81. The third-order valence-corrected chi connectivity index (χ3v) is 3.07. The molecule has 0 aliphatic rings. The molecule has 0 amide bonds. The van der Waals surface area contributed by atoms with E-state index in [9.17, 15) is 18.7 Å². The van der Waals surface area contributed by atoms with Crippen molar-refractivity contribution in [1.29, 1.82) is 0 Å². The van der Waals surface area contributed by atoms with Gasteiger partial charge in [0.1, 0.15) is 17.3 Å². The summed E-state index contributed by atoms with van der Waals surface area (Å²) in [4.78, 5) is 14.1. The summed E-state index contributed by atoms with van der Waals surface area (Å²) in [6, 6.07) is 9.88. The zero-order valence-corrected chi connectivity index (χ0v) is 10.2. The van der Waals surface area contributed by atoms with E-state index in [0.717, 1.165) is 18.2 Å². The lowest BCUT2D eigenvalue weighted by Gasteiger charge is -2.03. The topological polar surface area (TPSA) is 53.1 Å². The number of hydrogen-bond donors (Lipinski definition) is 2. The van der Waals surface area contributed by atoms with E-state index < -0.39 is 17.6 Å². The van der Waals surface area contributed by atoms with Gasteiger partial charge in [0.15, 0.2) is 0 Å². The van der Waals surface area contributed by atoms with Crippen molar-refractivity contribution < 1.29 is 18.7 Å². The van der Waals surface area contributed by atoms with E-state index in [4.69, 9.17) is 0 Å². The Morgan fingerprint density at radius 2 is 1.70 bits per heavy atom. The van der Waals surface area contributed by atoms with Gasteiger partial charge in [-0.1, -0.05) is 18.2 Å². The number of hydrogen-bond acceptors (Lipinski definition) is 1. The van der Waals surface area contributed by atoms with Crippen molar-refractivity contribution in [2.24, 2.45) is 0 Å². The van der Waals surface area contributed by atoms with Gasteiger partial charge >= 0.3 is 5.97 Å². The van der Waals surface area contributed by atoms with Gasteiger partial charge in [0.25, 0.3) is 0 Å². The quantitative estimate of drug-likeness (QED) is 0.746. The summed E-state index contributed by atoms with van der Waals surface area (Å²) < 4.78 is 26.7. The number of aromatic nitrogens is 1. The Bertz CT molecular complexity index is 804. The molecular formula is C15H9F2NO2. The smallest absolute Gasteiger partial charge is 0.352 e. The molecule has 3 rings (SSSR count). The Kier molecular flexibility index (Phi) is 2.75. The lowest BCUT2D eigenvalue weighted by atomic mass is 10.0. The summed E-state index contributed by atoms with van der Waals surface area (Å²) in [6.07, 6.45) is 0. The van der Waals surface area contributed by atoms with E-state index in [1.807, 2.05) is 0 Å². The maximum absolute atomic E-state index is 13.4. The van der Waals surface area contributed by atoms with Crippen LogP contribution in [0.5, 0.6) is 0 Å². The van der Waals surface area contributed by atoms with Crippen LogP contribution in [0.1, 0.15) is 10.5 Å². The van der Waals surface area contributed by atoms with Crippen LogP contribution >= 0.6 is 0 Å². The first kappa shape index (κ1) is 12.3. The number of benzene rings is 2. The molecule has 0 spiro atoms. The van der Waals surface area contributed by atoms with E-state index in [1.165, 1.54) is 0 Å². The van der Waals surface area contributed by atoms with Gasteiger partial charge in [0, 0.05) is 22.5 Å². The molecule has 1 heterocycles. The SMILES string of the molecule is O=C(O)c1[nH]c2ccccc2c1-c1cc(F)cc(F)c1. The summed E-state index contributed by atoms with van der Waals surface area (Å²) in [7, 11) is 0. The number of halogens is 2. The number of rotatable bonds is 2. The molecule has 0 radical (unpaired) electrons. The molecule has 100 valence electrons. The minimum atomic E-state index is -1.18. The van der Waals surface area contributed by atoms with Crippen molar-refractivity contribution in [2.75, 3.05) is 0 Å². The lowest BCUT2D eigenvalue weighted by Crippen LogP contribution is -1.99. The van der Waals surface area contributed by atoms with Crippen molar-refractivity contribution in [3.63, 3.8) is 0 Å². The second-order valence-corrected chi connectivity index (χ2v) is 4.38. The molecule has 2 N–H and O–H groups in total. The number of nitrogens with one attached hydrogen (secondary N) is 1. The van der Waals surface area contributed by atoms with E-state index in [-0.39, 0.29) is 16.8 Å². The zero-order chi connectivity index (χ0) is 14.3. The first-order chi connectivity index (χ1) is 9.56. The average Bonchev–Trinajstić information content (AvgIpc) is 2.77. The molecule has 0 aliphatic heterocycles. The highest BCUT2D eigenvalue weighted by Crippen LogP contribution is 2.33. The molecule has 0 saturated carbocycles. The fourth-order valence-electron chi connectivity index (χ4n) is 2.30. The highest BCUT2D eigenvalue weighted by molar-refractivity contribution is 6.07. The van der Waals surface area contributed by atoms with Crippen LogP contribution in [0.3, 0.4) is 0 Å². The average molecular weight is 273 g/mol. The van der Waals surface area contributed by atoms with Crippen LogP contribution in [-0.4, -0.2) is 16.1 Å². The van der Waals surface area contributed by atoms with Gasteiger partial charge in [0.2, 0.25) is 0 Å². The molecular weight excluding hydrogens is 264 g/mol. The monoisotopic (exact) mass is 273 g/mol. The van der Waals surface area contributed by atoms with Crippen LogP contribution in [-0.2, 0) is 0 Å². The van der Waals surface area contributed by atoms with Gasteiger partial charge in [-0.05, 0) is 23.8 Å². The molecule has 3 aromatic rings. The minimum Gasteiger partial charge on any atom is -0.477 e. The highest BCUT2D eigenvalue weighted by atomic mass is 19.1. The van der Waals surface area contributed by atoms with Gasteiger partial charge < -0.3 is 10.1 Å². The molecule has 1 aromatic heterocycles. The predicted molar refractivity (Wildman–Crippen MR) is 70.6 cm³/mol. The van der Waals surface area contributed by atoms with Crippen molar-refractivity contribution >= 4 is 16.9 Å². The Balaban J connectivity index is 2.38. The zero-order valence-electron chi connectivity index (χ0n) is 10.2. The molecule has 0 unspecified atom stereocenters. The number of carboxylic acids is 1. The van der Waals surface area contributed by atoms with E-state index >= 15 is 0 Å². The molecule has 0 fully saturated rings. The highest BCUT2D eigenvalue weighted by Gasteiger charge is 2.19. The molecule has 20 heavy (non-hydrogen) atoms. The summed E-state index contributed by atoms with van der Waals surface area (Å²) in [5, 5.41) is 9.85. The number of H-pyrrole nitrogens is 1. The van der Waals surface area contributed by atoms with Gasteiger partial charge in [-0.3, -0.25) is 0 Å². The molecule has 0 aliphatic carbocycles. The van der Waals surface area contributed by atoms with Crippen molar-refractivity contribution in [3.8, 4) is 11.1 Å². The van der Waals surface area contributed by atoms with Gasteiger partial charge in [-0.2, -0.15) is 0 Å². The standard InChI is InChI=1S/C15H9F2NO2/c16-9-5-8(6-10(17)7-9)13-11-3-1-2-4-12(11)18-14(13)15(19)20/h1-7,18H,(H,19,20). The first-order valence-corrected chi connectivity index (χ1v) is 5.87. The van der Waals surface area contributed by atoms with E-state index in [1.54, 1.807) is 24.3 Å². The number of aromatic amines is 1. The fraction of sp³-hybridized carbons (Fsp3) is 0.